The molecule has 0 amide bonds. The Bertz CT molecular complexity index is 671. The summed E-state index contributed by atoms with van der Waals surface area (Å²) in [6.45, 7) is 0. The topological polar surface area (TPSA) is 55.1 Å². The second-order valence-corrected chi connectivity index (χ2v) is 4.62. The lowest BCUT2D eigenvalue weighted by Crippen LogP contribution is -2.34. The van der Waals surface area contributed by atoms with Crippen LogP contribution in [0, 0.1) is 0 Å². The maximum atomic E-state index is 13.1. The third-order valence-corrected chi connectivity index (χ3v) is 3.52. The fourth-order valence-electron chi connectivity index (χ4n) is 2.33. The first-order chi connectivity index (χ1) is 8.87. The van der Waals surface area contributed by atoms with Gasteiger partial charge in [0.25, 0.3) is 0 Å². The van der Waals surface area contributed by atoms with Gasteiger partial charge in [-0.1, -0.05) is 6.07 Å². The summed E-state index contributed by atoms with van der Waals surface area (Å²) in [6, 6.07) is 4.21. The fraction of sp³-hybridized carbons (Fsp3) is 0.333. The van der Waals surface area contributed by atoms with E-state index < -0.39 is 17.7 Å². The van der Waals surface area contributed by atoms with Crippen molar-refractivity contribution in [2.24, 2.45) is 0 Å². The molecule has 0 unspecified atom stereocenters. The van der Waals surface area contributed by atoms with E-state index in [4.69, 9.17) is 5.11 Å². The van der Waals surface area contributed by atoms with Crippen LogP contribution in [0.2, 0.25) is 0 Å². The molecular weight excluding hydrogens is 261 g/mol. The van der Waals surface area contributed by atoms with E-state index in [1.807, 2.05) is 0 Å². The number of rotatable bonds is 2. The highest BCUT2D eigenvalue weighted by atomic mass is 19.4. The van der Waals surface area contributed by atoms with E-state index in [2.05, 4.69) is 4.98 Å². The van der Waals surface area contributed by atoms with Crippen LogP contribution in [-0.4, -0.2) is 26.8 Å². The Morgan fingerprint density at radius 2 is 2.05 bits per heavy atom. The standard InChI is InChI=1S/C12H9F3N2O2/c13-12(14,15)11(4-5-11)17-6-16-9-7(10(18)19)2-1-3-8(9)17/h1-3,6H,4-5H2,(H,18,19). The molecule has 0 spiro atoms. The van der Waals surface area contributed by atoms with Gasteiger partial charge in [-0.15, -0.1) is 0 Å². The highest BCUT2D eigenvalue weighted by molar-refractivity contribution is 6.01. The lowest BCUT2D eigenvalue weighted by Gasteiger charge is -2.21. The molecule has 1 aromatic carbocycles. The van der Waals surface area contributed by atoms with Crippen LogP contribution in [0.4, 0.5) is 13.2 Å². The van der Waals surface area contributed by atoms with Gasteiger partial charge in [0.05, 0.1) is 17.4 Å². The number of carbonyl (C=O) groups is 1. The number of aromatic nitrogens is 2. The van der Waals surface area contributed by atoms with Crippen LogP contribution in [-0.2, 0) is 5.54 Å². The molecule has 1 aromatic heterocycles. The number of para-hydroxylation sites is 1. The molecule has 0 bridgehead atoms. The number of alkyl halides is 3. The van der Waals surface area contributed by atoms with Crippen LogP contribution in [0.5, 0.6) is 0 Å². The maximum Gasteiger partial charge on any atom is 0.411 e. The number of carboxylic acid groups (broad SMARTS) is 1. The predicted molar refractivity (Wildman–Crippen MR) is 60.0 cm³/mol. The number of benzene rings is 1. The van der Waals surface area contributed by atoms with Gasteiger partial charge < -0.3 is 9.67 Å². The van der Waals surface area contributed by atoms with E-state index in [1.54, 1.807) is 0 Å². The van der Waals surface area contributed by atoms with Gasteiger partial charge in [0.1, 0.15) is 11.1 Å². The smallest absolute Gasteiger partial charge is 0.411 e. The molecule has 1 saturated carbocycles. The molecule has 0 saturated heterocycles. The van der Waals surface area contributed by atoms with E-state index in [0.717, 1.165) is 10.9 Å². The SMILES string of the molecule is O=C(O)c1cccc2c1ncn2C1(C(F)(F)F)CC1. The van der Waals surface area contributed by atoms with Crippen LogP contribution < -0.4 is 0 Å². The number of imidazole rings is 1. The number of hydrogen-bond donors (Lipinski definition) is 1. The second kappa shape index (κ2) is 3.49. The average Bonchev–Trinajstić information content (AvgIpc) is 3.03. The molecule has 1 heterocycles. The van der Waals surface area contributed by atoms with Crippen molar-refractivity contribution in [1.29, 1.82) is 0 Å². The molecule has 19 heavy (non-hydrogen) atoms. The minimum atomic E-state index is -4.36. The Balaban J connectivity index is 2.23. The van der Waals surface area contributed by atoms with Gasteiger partial charge in [-0.05, 0) is 25.0 Å². The summed E-state index contributed by atoms with van der Waals surface area (Å²) < 4.78 is 40.3. The van der Waals surface area contributed by atoms with E-state index >= 15 is 0 Å². The molecule has 4 nitrogen and oxygen atoms in total. The van der Waals surface area contributed by atoms with Gasteiger partial charge >= 0.3 is 12.1 Å². The first kappa shape index (κ1) is 12.0. The summed E-state index contributed by atoms with van der Waals surface area (Å²) in [5.41, 5.74) is -1.71. The zero-order chi connectivity index (χ0) is 13.8. The molecule has 7 heteroatoms. The van der Waals surface area contributed by atoms with Crippen molar-refractivity contribution in [2.75, 3.05) is 0 Å². The summed E-state index contributed by atoms with van der Waals surface area (Å²) in [7, 11) is 0. The van der Waals surface area contributed by atoms with Crippen LogP contribution >= 0.6 is 0 Å². The first-order valence-corrected chi connectivity index (χ1v) is 5.63. The van der Waals surface area contributed by atoms with Crippen LogP contribution in [0.25, 0.3) is 11.0 Å². The predicted octanol–water partition coefficient (Wildman–Crippen LogP) is 2.79. The molecule has 1 aliphatic rings. The second-order valence-electron chi connectivity index (χ2n) is 4.62. The lowest BCUT2D eigenvalue weighted by atomic mass is 10.1. The van der Waals surface area contributed by atoms with Gasteiger partial charge in [-0.3, -0.25) is 0 Å². The van der Waals surface area contributed by atoms with Gasteiger partial charge in [0, 0.05) is 0 Å². The van der Waals surface area contributed by atoms with Gasteiger partial charge in [-0.25, -0.2) is 9.78 Å². The number of nitrogens with zero attached hydrogens (tertiary/aromatic N) is 2. The first-order valence-electron chi connectivity index (χ1n) is 5.63. The zero-order valence-corrected chi connectivity index (χ0v) is 9.61. The van der Waals surface area contributed by atoms with E-state index in [1.165, 1.54) is 18.2 Å². The molecule has 2 aromatic rings. The van der Waals surface area contributed by atoms with Crippen molar-refractivity contribution in [3.63, 3.8) is 0 Å². The van der Waals surface area contributed by atoms with Crippen molar-refractivity contribution in [1.82, 2.24) is 9.55 Å². The third-order valence-electron chi connectivity index (χ3n) is 3.52. The Morgan fingerprint density at radius 3 is 2.58 bits per heavy atom. The molecule has 1 fully saturated rings. The average molecular weight is 270 g/mol. The monoisotopic (exact) mass is 270 g/mol. The minimum absolute atomic E-state index is 0.000735. The number of halogens is 3. The van der Waals surface area contributed by atoms with Crippen LogP contribution in [0.3, 0.4) is 0 Å². The van der Waals surface area contributed by atoms with Crippen molar-refractivity contribution in [3.8, 4) is 0 Å². The van der Waals surface area contributed by atoms with Crippen LogP contribution in [0.15, 0.2) is 24.5 Å². The van der Waals surface area contributed by atoms with E-state index in [-0.39, 0.29) is 29.4 Å². The molecule has 0 aliphatic heterocycles. The number of carboxylic acids is 1. The number of hydrogen-bond acceptors (Lipinski definition) is 2. The van der Waals surface area contributed by atoms with Crippen LogP contribution in [0.1, 0.15) is 23.2 Å². The molecule has 3 rings (SSSR count). The number of aromatic carboxylic acids is 1. The lowest BCUT2D eigenvalue weighted by molar-refractivity contribution is -0.178. The highest BCUT2D eigenvalue weighted by Crippen LogP contribution is 2.56. The van der Waals surface area contributed by atoms with Crippen molar-refractivity contribution in [2.45, 2.75) is 24.6 Å². The van der Waals surface area contributed by atoms with Gasteiger partial charge in [0.15, 0.2) is 0 Å². The van der Waals surface area contributed by atoms with Crippen molar-refractivity contribution in [3.05, 3.63) is 30.1 Å². The van der Waals surface area contributed by atoms with Crippen molar-refractivity contribution >= 4 is 17.0 Å². The largest absolute Gasteiger partial charge is 0.478 e. The zero-order valence-electron chi connectivity index (χ0n) is 9.61. The fourth-order valence-corrected chi connectivity index (χ4v) is 2.33. The summed E-state index contributed by atoms with van der Waals surface area (Å²) in [6.07, 6.45) is -3.28. The highest BCUT2D eigenvalue weighted by Gasteiger charge is 2.65. The summed E-state index contributed by atoms with van der Waals surface area (Å²) in [5.74, 6) is -1.20. The van der Waals surface area contributed by atoms with Gasteiger partial charge in [-0.2, -0.15) is 13.2 Å². The molecule has 100 valence electrons. The Kier molecular flexibility index (Phi) is 2.21. The Labute approximate surface area is 105 Å². The van der Waals surface area contributed by atoms with Gasteiger partial charge in [0.2, 0.25) is 0 Å². The Morgan fingerprint density at radius 1 is 1.37 bits per heavy atom. The Hall–Kier alpha value is -2.05. The third kappa shape index (κ3) is 1.54. The molecule has 1 N–H and O–H groups in total. The molecule has 1 aliphatic carbocycles. The van der Waals surface area contributed by atoms with E-state index in [9.17, 15) is 18.0 Å². The molecule has 0 radical (unpaired) electrons. The quantitative estimate of drug-likeness (QED) is 0.912. The van der Waals surface area contributed by atoms with Crippen molar-refractivity contribution < 1.29 is 23.1 Å². The molecule has 0 atom stereocenters. The normalized spacial score (nSPS) is 17.6. The minimum Gasteiger partial charge on any atom is -0.478 e. The molecular formula is C12H9F3N2O2. The summed E-state index contributed by atoms with van der Waals surface area (Å²) >= 11 is 0. The van der Waals surface area contributed by atoms with E-state index in [0.29, 0.717) is 0 Å². The maximum absolute atomic E-state index is 13.1. The summed E-state index contributed by atoms with van der Waals surface area (Å²) in [4.78, 5) is 14.9. The number of fused-ring (bicyclic) bond motifs is 1. The summed E-state index contributed by atoms with van der Waals surface area (Å²) in [5, 5.41) is 9.00.